The van der Waals surface area contributed by atoms with E-state index >= 15 is 0 Å². The van der Waals surface area contributed by atoms with Gasteiger partial charge in [0.1, 0.15) is 0 Å². The summed E-state index contributed by atoms with van der Waals surface area (Å²) < 4.78 is 29.7. The lowest BCUT2D eigenvalue weighted by molar-refractivity contribution is 0.485. The summed E-state index contributed by atoms with van der Waals surface area (Å²) in [6, 6.07) is 0. The van der Waals surface area contributed by atoms with Crippen molar-refractivity contribution in [2.24, 2.45) is 0 Å². The molecule has 0 unspecified atom stereocenters. The summed E-state index contributed by atoms with van der Waals surface area (Å²) in [5.41, 5.74) is 4.14. The van der Waals surface area contributed by atoms with Crippen molar-refractivity contribution in [2.75, 3.05) is 17.3 Å². The molecule has 0 aromatic rings. The molecular formula is C17H30O3S2. The van der Waals surface area contributed by atoms with Crippen LogP contribution in [0.5, 0.6) is 0 Å². The highest BCUT2D eigenvalue weighted by atomic mass is 32.2. The van der Waals surface area contributed by atoms with Gasteiger partial charge in [-0.25, -0.2) is 0 Å². The molecule has 22 heavy (non-hydrogen) atoms. The fourth-order valence-electron chi connectivity index (χ4n) is 1.79. The first kappa shape index (κ1) is 21.5. The van der Waals surface area contributed by atoms with E-state index in [0.717, 1.165) is 31.4 Å². The molecule has 0 fully saturated rings. The average molecular weight is 347 g/mol. The van der Waals surface area contributed by atoms with E-state index in [1.807, 2.05) is 0 Å². The average Bonchev–Trinajstić information content (AvgIpc) is 2.36. The van der Waals surface area contributed by atoms with Crippen LogP contribution < -0.4 is 0 Å². The van der Waals surface area contributed by atoms with Crippen LogP contribution in [0.4, 0.5) is 0 Å². The number of rotatable bonds is 11. The van der Waals surface area contributed by atoms with Gasteiger partial charge in [0.05, 0.1) is 5.75 Å². The first-order chi connectivity index (χ1) is 10.2. The third-order valence-corrected chi connectivity index (χ3v) is 5.03. The largest absolute Gasteiger partial charge is 0.286 e. The molecule has 0 saturated heterocycles. The predicted molar refractivity (Wildman–Crippen MR) is 99.2 cm³/mol. The Balaban J connectivity index is 3.85. The monoisotopic (exact) mass is 346 g/mol. The van der Waals surface area contributed by atoms with Crippen molar-refractivity contribution in [3.05, 3.63) is 34.9 Å². The molecule has 1 N–H and O–H groups in total. The third kappa shape index (κ3) is 15.9. The molecule has 0 aromatic carbocycles. The zero-order valence-corrected chi connectivity index (χ0v) is 15.9. The molecule has 0 aliphatic rings. The Labute approximate surface area is 140 Å². The Morgan fingerprint density at radius 2 is 1.50 bits per heavy atom. The van der Waals surface area contributed by atoms with Crippen molar-refractivity contribution >= 4 is 21.9 Å². The summed E-state index contributed by atoms with van der Waals surface area (Å²) in [6.07, 6.45) is 11.1. The van der Waals surface area contributed by atoms with Gasteiger partial charge in [-0.15, -0.1) is 0 Å². The molecule has 0 atom stereocenters. The van der Waals surface area contributed by atoms with Gasteiger partial charge in [-0.05, 0) is 53.4 Å². The van der Waals surface area contributed by atoms with Gasteiger partial charge in [-0.1, -0.05) is 34.9 Å². The molecule has 0 heterocycles. The summed E-state index contributed by atoms with van der Waals surface area (Å²) >= 11 is 1.52. The molecular weight excluding hydrogens is 316 g/mol. The molecule has 5 heteroatoms. The van der Waals surface area contributed by atoms with Crippen LogP contribution in [0.25, 0.3) is 0 Å². The van der Waals surface area contributed by atoms with Crippen LogP contribution in [0, 0.1) is 0 Å². The van der Waals surface area contributed by atoms with Crippen molar-refractivity contribution in [1.29, 1.82) is 0 Å². The van der Waals surface area contributed by atoms with Gasteiger partial charge in [0, 0.05) is 11.5 Å². The van der Waals surface area contributed by atoms with Gasteiger partial charge in [0.15, 0.2) is 0 Å². The van der Waals surface area contributed by atoms with E-state index < -0.39 is 10.1 Å². The molecule has 0 saturated carbocycles. The number of hydrogen-bond acceptors (Lipinski definition) is 3. The highest BCUT2D eigenvalue weighted by molar-refractivity contribution is 8.00. The molecule has 0 aliphatic heterocycles. The van der Waals surface area contributed by atoms with Crippen LogP contribution in [0.1, 0.15) is 53.4 Å². The maximum atomic E-state index is 10.6. The molecule has 128 valence electrons. The summed E-state index contributed by atoms with van der Waals surface area (Å²) in [4.78, 5) is 0. The zero-order chi connectivity index (χ0) is 17.0. The smallest absolute Gasteiger partial charge is 0.265 e. The van der Waals surface area contributed by atoms with Crippen LogP contribution in [0.15, 0.2) is 34.9 Å². The first-order valence-corrected chi connectivity index (χ1v) is 10.4. The number of hydrogen-bond donors (Lipinski definition) is 1. The summed E-state index contributed by atoms with van der Waals surface area (Å²) in [5.74, 6) is 1.06. The Morgan fingerprint density at radius 3 is 2.05 bits per heavy atom. The Kier molecular flexibility index (Phi) is 11.7. The van der Waals surface area contributed by atoms with E-state index in [-0.39, 0.29) is 5.75 Å². The van der Waals surface area contributed by atoms with Crippen LogP contribution in [-0.4, -0.2) is 30.2 Å². The third-order valence-electron chi connectivity index (χ3n) is 3.16. The first-order valence-electron chi connectivity index (χ1n) is 7.68. The molecule has 0 aromatic heterocycles. The van der Waals surface area contributed by atoms with Crippen molar-refractivity contribution < 1.29 is 13.0 Å². The van der Waals surface area contributed by atoms with Gasteiger partial charge < -0.3 is 0 Å². The van der Waals surface area contributed by atoms with Gasteiger partial charge in [-0.3, -0.25) is 4.55 Å². The summed E-state index contributed by atoms with van der Waals surface area (Å²) in [5, 5.41) is 0. The van der Waals surface area contributed by atoms with Gasteiger partial charge in [0.25, 0.3) is 10.1 Å². The zero-order valence-electron chi connectivity index (χ0n) is 14.3. The minimum Gasteiger partial charge on any atom is -0.286 e. The van der Waals surface area contributed by atoms with Crippen molar-refractivity contribution in [1.82, 2.24) is 0 Å². The minimum absolute atomic E-state index is 0.168. The van der Waals surface area contributed by atoms with Gasteiger partial charge >= 0.3 is 0 Å². The molecule has 3 nitrogen and oxygen atoms in total. The molecule has 0 radical (unpaired) electrons. The highest BCUT2D eigenvalue weighted by Gasteiger charge is 2.02. The maximum Gasteiger partial charge on any atom is 0.265 e. The van der Waals surface area contributed by atoms with E-state index in [2.05, 4.69) is 45.9 Å². The molecule has 0 rings (SSSR count). The van der Waals surface area contributed by atoms with Gasteiger partial charge in [-0.2, -0.15) is 20.2 Å². The predicted octanol–water partition coefficient (Wildman–Crippen LogP) is 5.03. The minimum atomic E-state index is -3.82. The maximum absolute atomic E-state index is 10.6. The Hall–Kier alpha value is -0.520. The lowest BCUT2D eigenvalue weighted by atomic mass is 10.1. The fourth-order valence-corrected chi connectivity index (χ4v) is 3.67. The quantitative estimate of drug-likeness (QED) is 0.324. The highest BCUT2D eigenvalue weighted by Crippen LogP contribution is 2.12. The van der Waals surface area contributed by atoms with Crippen molar-refractivity contribution in [3.8, 4) is 0 Å². The van der Waals surface area contributed by atoms with Crippen LogP contribution in [0.3, 0.4) is 0 Å². The van der Waals surface area contributed by atoms with Crippen LogP contribution >= 0.6 is 11.8 Å². The summed E-state index contributed by atoms with van der Waals surface area (Å²) in [6.45, 7) is 8.54. The lowest BCUT2D eigenvalue weighted by Crippen LogP contribution is -2.05. The number of allylic oxidation sites excluding steroid dienone is 5. The molecule has 0 aliphatic carbocycles. The second-order valence-corrected chi connectivity index (χ2v) is 8.54. The second kappa shape index (κ2) is 12.0. The normalized spacial score (nSPS) is 13.3. The Bertz CT molecular complexity index is 496. The lowest BCUT2D eigenvalue weighted by Gasteiger charge is -2.02. The SMILES string of the molecule is CC(C)=CCC/C(C)=C/CC/C(C)=C/CSCCS(=O)(=O)O. The van der Waals surface area contributed by atoms with Crippen LogP contribution in [0.2, 0.25) is 0 Å². The van der Waals surface area contributed by atoms with E-state index in [1.54, 1.807) is 0 Å². The van der Waals surface area contributed by atoms with Gasteiger partial charge in [0.2, 0.25) is 0 Å². The van der Waals surface area contributed by atoms with Crippen LogP contribution in [-0.2, 0) is 10.1 Å². The Morgan fingerprint density at radius 1 is 0.955 bits per heavy atom. The van der Waals surface area contributed by atoms with E-state index in [1.165, 1.54) is 28.5 Å². The fraction of sp³-hybridized carbons (Fsp3) is 0.647. The molecule has 0 spiro atoms. The van der Waals surface area contributed by atoms with E-state index in [0.29, 0.717) is 5.75 Å². The topological polar surface area (TPSA) is 54.4 Å². The molecule has 0 amide bonds. The van der Waals surface area contributed by atoms with E-state index in [9.17, 15) is 8.42 Å². The number of thioether (sulfide) groups is 1. The summed E-state index contributed by atoms with van der Waals surface area (Å²) in [7, 11) is -3.82. The molecule has 0 bridgehead atoms. The van der Waals surface area contributed by atoms with Crippen molar-refractivity contribution in [3.63, 3.8) is 0 Å². The standard InChI is InChI=1S/C17H30O3S2/c1-15(2)7-5-8-16(3)9-6-10-17(4)11-12-21-13-14-22(18,19)20/h7,9,11H,5-6,8,10,12-14H2,1-4H3,(H,18,19,20)/b16-9+,17-11+. The van der Waals surface area contributed by atoms with Crippen molar-refractivity contribution in [2.45, 2.75) is 53.4 Å². The van der Waals surface area contributed by atoms with E-state index in [4.69, 9.17) is 4.55 Å². The second-order valence-electron chi connectivity index (χ2n) is 5.82.